The van der Waals surface area contributed by atoms with Crippen molar-refractivity contribution in [2.75, 3.05) is 36.8 Å². The molecule has 0 spiro atoms. The molecule has 8 nitrogen and oxygen atoms in total. The predicted molar refractivity (Wildman–Crippen MR) is 132 cm³/mol. The molecule has 1 fully saturated rings. The van der Waals surface area contributed by atoms with Gasteiger partial charge in [-0.1, -0.05) is 24.3 Å². The van der Waals surface area contributed by atoms with E-state index in [1.807, 2.05) is 36.4 Å². The van der Waals surface area contributed by atoms with Crippen LogP contribution in [0.3, 0.4) is 0 Å². The number of halogens is 1. The van der Waals surface area contributed by atoms with Gasteiger partial charge in [0, 0.05) is 38.4 Å². The van der Waals surface area contributed by atoms with Crippen molar-refractivity contribution in [3.63, 3.8) is 0 Å². The molecule has 0 atom stereocenters. The number of likely N-dealkylation sites (tertiary alicyclic amines) is 1. The third-order valence-electron chi connectivity index (χ3n) is 6.15. The maximum Gasteiger partial charge on any atom is 0.204 e. The Labute approximate surface area is 198 Å². The Hall–Kier alpha value is -3.56. The molecule has 9 heteroatoms. The molecular formula is C25H30FN7O. The maximum absolute atomic E-state index is 13.4. The van der Waals surface area contributed by atoms with Gasteiger partial charge >= 0.3 is 0 Å². The van der Waals surface area contributed by atoms with Crippen LogP contribution in [0.1, 0.15) is 18.4 Å². The summed E-state index contributed by atoms with van der Waals surface area (Å²) in [6.07, 6.45) is 5.43. The van der Waals surface area contributed by atoms with Crippen LogP contribution < -0.4 is 10.6 Å². The van der Waals surface area contributed by atoms with Crippen LogP contribution in [-0.2, 0) is 6.54 Å². The normalized spacial score (nSPS) is 14.6. The van der Waals surface area contributed by atoms with Gasteiger partial charge in [0.05, 0.1) is 17.6 Å². The van der Waals surface area contributed by atoms with E-state index in [1.165, 1.54) is 12.1 Å². The summed E-state index contributed by atoms with van der Waals surface area (Å²) in [5, 5.41) is 7.04. The second-order valence-corrected chi connectivity index (χ2v) is 8.42. The standard InChI is InChI=1S/C25H28FN7.H2O/c26-20-7-5-19(6-8-20)17-33-23-4-2-1-3-22(23)31-25(33)30-21-10-14-32(15-11-21)16-13-28-24-9-12-27-18-29-24;/h1-9,12,18,21H,10-11,13-17H2,(H,30,31)(H,27,28,29);1H2. The minimum atomic E-state index is -0.216. The van der Waals surface area contributed by atoms with Crippen molar-refractivity contribution in [1.29, 1.82) is 0 Å². The number of benzene rings is 2. The molecule has 2 aromatic heterocycles. The van der Waals surface area contributed by atoms with Crippen LogP contribution in [0, 0.1) is 5.82 Å². The summed E-state index contributed by atoms with van der Waals surface area (Å²) < 4.78 is 15.6. The van der Waals surface area contributed by atoms with E-state index >= 15 is 0 Å². The number of hydrogen-bond donors (Lipinski definition) is 2. The average Bonchev–Trinajstić information content (AvgIpc) is 3.19. The van der Waals surface area contributed by atoms with E-state index in [-0.39, 0.29) is 11.3 Å². The second-order valence-electron chi connectivity index (χ2n) is 8.42. The third kappa shape index (κ3) is 5.67. The molecule has 0 aliphatic carbocycles. The molecule has 3 heterocycles. The first-order chi connectivity index (χ1) is 16.2. The van der Waals surface area contributed by atoms with Crippen molar-refractivity contribution in [2.24, 2.45) is 0 Å². The summed E-state index contributed by atoms with van der Waals surface area (Å²) in [5.74, 6) is 1.53. The number of nitrogens with one attached hydrogen (secondary N) is 2. The highest BCUT2D eigenvalue weighted by Gasteiger charge is 2.21. The number of para-hydroxylation sites is 2. The molecule has 1 aliphatic rings. The van der Waals surface area contributed by atoms with Crippen molar-refractivity contribution in [3.8, 4) is 0 Å². The zero-order valence-electron chi connectivity index (χ0n) is 19.0. The fourth-order valence-corrected chi connectivity index (χ4v) is 4.34. The van der Waals surface area contributed by atoms with Gasteiger partial charge in [-0.05, 0) is 48.7 Å². The van der Waals surface area contributed by atoms with Gasteiger partial charge in [-0.3, -0.25) is 0 Å². The Morgan fingerprint density at radius 2 is 1.79 bits per heavy atom. The molecule has 5 rings (SSSR count). The van der Waals surface area contributed by atoms with Crippen LogP contribution in [0.5, 0.6) is 0 Å². The molecule has 0 unspecified atom stereocenters. The summed E-state index contributed by atoms with van der Waals surface area (Å²) in [6.45, 7) is 4.59. The molecule has 178 valence electrons. The number of rotatable bonds is 8. The van der Waals surface area contributed by atoms with Crippen molar-refractivity contribution >= 4 is 22.8 Å². The van der Waals surface area contributed by atoms with E-state index in [4.69, 9.17) is 4.98 Å². The van der Waals surface area contributed by atoms with Crippen LogP contribution in [0.25, 0.3) is 11.0 Å². The lowest BCUT2D eigenvalue weighted by molar-refractivity contribution is 0.226. The molecule has 1 saturated heterocycles. The van der Waals surface area contributed by atoms with E-state index in [9.17, 15) is 4.39 Å². The maximum atomic E-state index is 13.4. The molecule has 1 aliphatic heterocycles. The molecule has 4 aromatic rings. The summed E-state index contributed by atoms with van der Waals surface area (Å²) in [4.78, 5) is 15.5. The number of hydrogen-bond acceptors (Lipinski definition) is 6. The smallest absolute Gasteiger partial charge is 0.204 e. The topological polar surface area (TPSA) is 102 Å². The number of imidazole rings is 1. The highest BCUT2D eigenvalue weighted by atomic mass is 19.1. The fraction of sp³-hybridized carbons (Fsp3) is 0.320. The zero-order chi connectivity index (χ0) is 22.5. The van der Waals surface area contributed by atoms with Crippen LogP contribution in [-0.4, -0.2) is 62.1 Å². The van der Waals surface area contributed by atoms with Gasteiger partial charge in [0.15, 0.2) is 0 Å². The van der Waals surface area contributed by atoms with Crippen molar-refractivity contribution < 1.29 is 9.87 Å². The molecule has 2 aromatic carbocycles. The Morgan fingerprint density at radius 1 is 1.00 bits per heavy atom. The van der Waals surface area contributed by atoms with Gasteiger partial charge in [-0.2, -0.15) is 0 Å². The van der Waals surface area contributed by atoms with Crippen LogP contribution in [0.15, 0.2) is 67.1 Å². The lowest BCUT2D eigenvalue weighted by Crippen LogP contribution is -2.41. The van der Waals surface area contributed by atoms with Gasteiger partial charge < -0.3 is 25.6 Å². The average molecular weight is 464 g/mol. The first-order valence-electron chi connectivity index (χ1n) is 11.4. The van der Waals surface area contributed by atoms with Gasteiger partial charge in [0.1, 0.15) is 18.0 Å². The number of anilines is 2. The van der Waals surface area contributed by atoms with Crippen LogP contribution in [0.2, 0.25) is 0 Å². The summed E-state index contributed by atoms with van der Waals surface area (Å²) >= 11 is 0. The molecule has 0 amide bonds. The molecule has 0 radical (unpaired) electrons. The summed E-state index contributed by atoms with van der Waals surface area (Å²) in [6, 6.07) is 17.1. The molecule has 4 N–H and O–H groups in total. The van der Waals surface area contributed by atoms with Crippen molar-refractivity contribution in [1.82, 2.24) is 24.4 Å². The van der Waals surface area contributed by atoms with E-state index in [0.29, 0.717) is 12.6 Å². The third-order valence-corrected chi connectivity index (χ3v) is 6.15. The van der Waals surface area contributed by atoms with Gasteiger partial charge in [0.25, 0.3) is 0 Å². The molecular weight excluding hydrogens is 433 g/mol. The van der Waals surface area contributed by atoms with Crippen molar-refractivity contribution in [2.45, 2.75) is 25.4 Å². The number of fused-ring (bicyclic) bond motifs is 1. The van der Waals surface area contributed by atoms with Gasteiger partial charge in [0.2, 0.25) is 5.95 Å². The second kappa shape index (κ2) is 11.0. The Bertz CT molecular complexity index is 1180. The highest BCUT2D eigenvalue weighted by molar-refractivity contribution is 5.78. The monoisotopic (exact) mass is 463 g/mol. The minimum Gasteiger partial charge on any atom is -0.412 e. The Morgan fingerprint density at radius 3 is 2.56 bits per heavy atom. The highest BCUT2D eigenvalue weighted by Crippen LogP contribution is 2.24. The first-order valence-corrected chi connectivity index (χ1v) is 11.4. The number of piperidine rings is 1. The van der Waals surface area contributed by atoms with Crippen LogP contribution >= 0.6 is 0 Å². The number of aromatic nitrogens is 4. The van der Waals surface area contributed by atoms with E-state index in [0.717, 1.165) is 67.4 Å². The zero-order valence-corrected chi connectivity index (χ0v) is 19.0. The quantitative estimate of drug-likeness (QED) is 0.416. The van der Waals surface area contributed by atoms with Gasteiger partial charge in [-0.15, -0.1) is 0 Å². The lowest BCUT2D eigenvalue weighted by atomic mass is 10.1. The molecule has 0 saturated carbocycles. The molecule has 34 heavy (non-hydrogen) atoms. The Balaban J connectivity index is 0.00000274. The van der Waals surface area contributed by atoms with Crippen LogP contribution in [0.4, 0.5) is 16.2 Å². The molecule has 0 bridgehead atoms. The number of nitrogens with zero attached hydrogens (tertiary/aromatic N) is 5. The van der Waals surface area contributed by atoms with E-state index in [2.05, 4.69) is 36.1 Å². The predicted octanol–water partition coefficient (Wildman–Crippen LogP) is 3.18. The first kappa shape index (κ1) is 23.6. The minimum absolute atomic E-state index is 0. The summed E-state index contributed by atoms with van der Waals surface area (Å²) in [5.41, 5.74) is 3.10. The van der Waals surface area contributed by atoms with E-state index in [1.54, 1.807) is 12.5 Å². The summed E-state index contributed by atoms with van der Waals surface area (Å²) in [7, 11) is 0. The fourth-order valence-electron chi connectivity index (χ4n) is 4.34. The SMILES string of the molecule is Fc1ccc(Cn2c(NC3CCN(CCNc4ccncn4)CC3)nc3ccccc32)cc1.O. The van der Waals surface area contributed by atoms with Gasteiger partial charge in [-0.25, -0.2) is 19.3 Å². The van der Waals surface area contributed by atoms with E-state index < -0.39 is 0 Å². The lowest BCUT2D eigenvalue weighted by Gasteiger charge is -2.32. The van der Waals surface area contributed by atoms with Crippen molar-refractivity contribution in [3.05, 3.63) is 78.5 Å². The Kier molecular flexibility index (Phi) is 7.66. The largest absolute Gasteiger partial charge is 0.412 e.